The Hall–Kier alpha value is -2.29. The first kappa shape index (κ1) is 14.1. The molecule has 0 atom stereocenters. The van der Waals surface area contributed by atoms with Crippen molar-refractivity contribution in [2.75, 3.05) is 7.11 Å². The van der Waals surface area contributed by atoms with Crippen molar-refractivity contribution < 1.29 is 14.3 Å². The molecule has 2 aromatic rings. The Morgan fingerprint density at radius 1 is 0.900 bits per heavy atom. The van der Waals surface area contributed by atoms with E-state index in [0.717, 1.165) is 11.3 Å². The number of carbonyl (C=O) groups excluding carboxylic acids is 1. The number of benzene rings is 2. The van der Waals surface area contributed by atoms with E-state index in [1.165, 1.54) is 0 Å². The van der Waals surface area contributed by atoms with Crippen LogP contribution in [-0.4, -0.2) is 13.1 Å². The Kier molecular flexibility index (Phi) is 4.08. The Balaban J connectivity index is 2.18. The van der Waals surface area contributed by atoms with Crippen LogP contribution in [0, 0.1) is 0 Å². The summed E-state index contributed by atoms with van der Waals surface area (Å²) >= 11 is 0. The third-order valence-electron chi connectivity index (χ3n) is 3.28. The molecule has 0 bridgehead atoms. The zero-order valence-corrected chi connectivity index (χ0v) is 11.9. The van der Waals surface area contributed by atoms with Crippen molar-refractivity contribution in [1.29, 1.82) is 0 Å². The molecule has 0 saturated carbocycles. The van der Waals surface area contributed by atoms with Gasteiger partial charge in [0.2, 0.25) is 0 Å². The molecule has 104 valence electrons. The van der Waals surface area contributed by atoms with Crippen LogP contribution in [0.3, 0.4) is 0 Å². The molecule has 3 heteroatoms. The van der Waals surface area contributed by atoms with Gasteiger partial charge in [-0.05, 0) is 43.7 Å². The highest BCUT2D eigenvalue weighted by molar-refractivity contribution is 5.84. The van der Waals surface area contributed by atoms with Crippen molar-refractivity contribution in [2.45, 2.75) is 19.3 Å². The normalized spacial score (nSPS) is 10.9. The minimum Gasteiger partial charge on any atom is -0.497 e. The molecule has 0 aliphatic heterocycles. The fraction of sp³-hybridized carbons (Fsp3) is 0.235. The van der Waals surface area contributed by atoms with E-state index < -0.39 is 5.41 Å². The van der Waals surface area contributed by atoms with Crippen molar-refractivity contribution >= 4 is 5.97 Å². The van der Waals surface area contributed by atoms with Gasteiger partial charge in [0.05, 0.1) is 12.5 Å². The number of ether oxygens (including phenoxy) is 2. The molecule has 3 nitrogen and oxygen atoms in total. The number of rotatable bonds is 4. The second-order valence-corrected chi connectivity index (χ2v) is 5.06. The first-order chi connectivity index (χ1) is 9.54. The van der Waals surface area contributed by atoms with Crippen LogP contribution < -0.4 is 9.47 Å². The number of para-hydroxylation sites is 1. The molecule has 0 saturated heterocycles. The van der Waals surface area contributed by atoms with Crippen molar-refractivity contribution in [3.8, 4) is 11.5 Å². The van der Waals surface area contributed by atoms with Crippen LogP contribution in [-0.2, 0) is 10.2 Å². The third-order valence-corrected chi connectivity index (χ3v) is 3.28. The molecule has 20 heavy (non-hydrogen) atoms. The van der Waals surface area contributed by atoms with E-state index in [1.807, 2.05) is 56.3 Å². The van der Waals surface area contributed by atoms with E-state index in [4.69, 9.17) is 9.47 Å². The molecular weight excluding hydrogens is 252 g/mol. The second-order valence-electron chi connectivity index (χ2n) is 5.06. The Morgan fingerprint density at radius 3 is 2.05 bits per heavy atom. The van der Waals surface area contributed by atoms with Gasteiger partial charge in [-0.15, -0.1) is 0 Å². The molecule has 0 N–H and O–H groups in total. The van der Waals surface area contributed by atoms with Crippen molar-refractivity contribution in [2.24, 2.45) is 0 Å². The van der Waals surface area contributed by atoms with Gasteiger partial charge >= 0.3 is 5.97 Å². The number of hydrogen-bond donors (Lipinski definition) is 0. The molecule has 0 unspecified atom stereocenters. The summed E-state index contributed by atoms with van der Waals surface area (Å²) in [6, 6.07) is 16.5. The van der Waals surface area contributed by atoms with Crippen LogP contribution in [0.5, 0.6) is 11.5 Å². The fourth-order valence-corrected chi connectivity index (χ4v) is 1.85. The molecule has 0 aromatic heterocycles. The van der Waals surface area contributed by atoms with Crippen molar-refractivity contribution in [3.63, 3.8) is 0 Å². The lowest BCUT2D eigenvalue weighted by Crippen LogP contribution is -2.33. The quantitative estimate of drug-likeness (QED) is 0.629. The summed E-state index contributed by atoms with van der Waals surface area (Å²) in [6.07, 6.45) is 0. The molecular formula is C17H18O3. The van der Waals surface area contributed by atoms with Gasteiger partial charge in [-0.3, -0.25) is 4.79 Å². The van der Waals surface area contributed by atoms with E-state index in [9.17, 15) is 4.79 Å². The minimum absolute atomic E-state index is 0.283. The van der Waals surface area contributed by atoms with Gasteiger partial charge in [-0.25, -0.2) is 0 Å². The van der Waals surface area contributed by atoms with Crippen LogP contribution in [0.2, 0.25) is 0 Å². The Labute approximate surface area is 119 Å². The first-order valence-electron chi connectivity index (χ1n) is 6.46. The monoisotopic (exact) mass is 270 g/mol. The topological polar surface area (TPSA) is 35.5 Å². The number of methoxy groups -OCH3 is 1. The van der Waals surface area contributed by atoms with Gasteiger partial charge in [-0.2, -0.15) is 0 Å². The first-order valence-corrected chi connectivity index (χ1v) is 6.46. The van der Waals surface area contributed by atoms with Crippen molar-refractivity contribution in [3.05, 3.63) is 60.2 Å². The highest BCUT2D eigenvalue weighted by Crippen LogP contribution is 2.27. The summed E-state index contributed by atoms with van der Waals surface area (Å²) in [4.78, 5) is 12.3. The zero-order chi connectivity index (χ0) is 14.6. The average Bonchev–Trinajstić information content (AvgIpc) is 2.48. The molecule has 2 rings (SSSR count). The summed E-state index contributed by atoms with van der Waals surface area (Å²) in [6.45, 7) is 3.69. The SMILES string of the molecule is COc1ccc(C(C)(C)C(=O)Oc2ccccc2)cc1. The fourth-order valence-electron chi connectivity index (χ4n) is 1.85. The molecule has 0 spiro atoms. The zero-order valence-electron chi connectivity index (χ0n) is 11.9. The summed E-state index contributed by atoms with van der Waals surface area (Å²) in [7, 11) is 1.61. The van der Waals surface area contributed by atoms with Gasteiger partial charge in [0.25, 0.3) is 0 Å². The molecule has 0 heterocycles. The average molecular weight is 270 g/mol. The van der Waals surface area contributed by atoms with E-state index in [-0.39, 0.29) is 5.97 Å². The molecule has 0 aliphatic rings. The van der Waals surface area contributed by atoms with Gasteiger partial charge in [-0.1, -0.05) is 30.3 Å². The molecule has 0 aliphatic carbocycles. The Morgan fingerprint density at radius 2 is 1.50 bits per heavy atom. The smallest absolute Gasteiger partial charge is 0.321 e. The highest BCUT2D eigenvalue weighted by Gasteiger charge is 2.32. The van der Waals surface area contributed by atoms with Crippen LogP contribution in [0.15, 0.2) is 54.6 Å². The van der Waals surface area contributed by atoms with Crippen LogP contribution >= 0.6 is 0 Å². The lowest BCUT2D eigenvalue weighted by atomic mass is 9.85. The lowest BCUT2D eigenvalue weighted by molar-refractivity contribution is -0.139. The van der Waals surface area contributed by atoms with E-state index >= 15 is 0 Å². The molecule has 0 radical (unpaired) electrons. The largest absolute Gasteiger partial charge is 0.497 e. The van der Waals surface area contributed by atoms with Gasteiger partial charge < -0.3 is 9.47 Å². The maximum absolute atomic E-state index is 12.3. The maximum Gasteiger partial charge on any atom is 0.321 e. The van der Waals surface area contributed by atoms with Crippen LogP contribution in [0.25, 0.3) is 0 Å². The van der Waals surface area contributed by atoms with E-state index in [0.29, 0.717) is 5.75 Å². The lowest BCUT2D eigenvalue weighted by Gasteiger charge is -2.23. The van der Waals surface area contributed by atoms with Crippen LogP contribution in [0.1, 0.15) is 19.4 Å². The predicted molar refractivity (Wildman–Crippen MR) is 78.1 cm³/mol. The summed E-state index contributed by atoms with van der Waals surface area (Å²) in [5, 5.41) is 0. The number of hydrogen-bond acceptors (Lipinski definition) is 3. The minimum atomic E-state index is -0.720. The van der Waals surface area contributed by atoms with Crippen molar-refractivity contribution in [1.82, 2.24) is 0 Å². The highest BCUT2D eigenvalue weighted by atomic mass is 16.5. The third kappa shape index (κ3) is 2.99. The number of esters is 1. The maximum atomic E-state index is 12.3. The summed E-state index contributed by atoms with van der Waals surface area (Å²) in [5.41, 5.74) is 0.168. The van der Waals surface area contributed by atoms with Gasteiger partial charge in [0, 0.05) is 0 Å². The molecule has 0 amide bonds. The second kappa shape index (κ2) is 5.78. The summed E-state index contributed by atoms with van der Waals surface area (Å²) in [5.74, 6) is 1.04. The standard InChI is InChI=1S/C17H18O3/c1-17(2,13-9-11-14(19-3)12-10-13)16(18)20-15-7-5-4-6-8-15/h4-12H,1-3H3. The van der Waals surface area contributed by atoms with Gasteiger partial charge in [0.1, 0.15) is 11.5 Å². The molecule has 2 aromatic carbocycles. The number of carbonyl (C=O) groups is 1. The Bertz CT molecular complexity index is 571. The van der Waals surface area contributed by atoms with E-state index in [2.05, 4.69) is 0 Å². The van der Waals surface area contributed by atoms with E-state index in [1.54, 1.807) is 19.2 Å². The molecule has 0 fully saturated rings. The van der Waals surface area contributed by atoms with Crippen LogP contribution in [0.4, 0.5) is 0 Å². The summed E-state index contributed by atoms with van der Waals surface area (Å²) < 4.78 is 10.5. The predicted octanol–water partition coefficient (Wildman–Crippen LogP) is 3.58. The van der Waals surface area contributed by atoms with Gasteiger partial charge in [0.15, 0.2) is 0 Å².